The van der Waals surface area contributed by atoms with E-state index >= 15 is 0 Å². The van der Waals surface area contributed by atoms with E-state index < -0.39 is 23.6 Å². The van der Waals surface area contributed by atoms with Gasteiger partial charge in [0.15, 0.2) is 0 Å². The topological polar surface area (TPSA) is 79.3 Å². The first kappa shape index (κ1) is 26.4. The number of halogens is 3. The van der Waals surface area contributed by atoms with Crippen molar-refractivity contribution in [2.45, 2.75) is 57.5 Å². The average Bonchev–Trinajstić information content (AvgIpc) is 2.81. The van der Waals surface area contributed by atoms with Crippen molar-refractivity contribution < 1.29 is 27.9 Å². The molecule has 1 heterocycles. The Morgan fingerprint density at radius 3 is 2.38 bits per heavy atom. The lowest BCUT2D eigenvalue weighted by Gasteiger charge is -2.33. The van der Waals surface area contributed by atoms with Crippen molar-refractivity contribution in [2.75, 3.05) is 5.32 Å². The van der Waals surface area contributed by atoms with E-state index in [9.17, 15) is 22.8 Å². The van der Waals surface area contributed by atoms with E-state index in [4.69, 9.17) is 5.11 Å². The van der Waals surface area contributed by atoms with Gasteiger partial charge in [-0.2, -0.15) is 13.2 Å². The zero-order valence-corrected chi connectivity index (χ0v) is 20.7. The Labute approximate surface area is 213 Å². The highest BCUT2D eigenvalue weighted by Gasteiger charge is 2.34. The van der Waals surface area contributed by atoms with Crippen LogP contribution in [0.4, 0.5) is 18.9 Å². The number of amides is 1. The SMILES string of the molecule is Cc1c(NC(=O)[C@@H](c2ccc(-c3cncc(C(F)(F)F)c3)cc2)C2CCC2)cccc1[C@@H](C)CC(=O)O. The number of anilines is 1. The average molecular weight is 511 g/mol. The minimum atomic E-state index is -4.47. The van der Waals surface area contributed by atoms with Crippen LogP contribution in [0.15, 0.2) is 60.9 Å². The highest BCUT2D eigenvalue weighted by atomic mass is 19.4. The number of carboxylic acids is 1. The molecule has 0 saturated heterocycles. The van der Waals surface area contributed by atoms with Gasteiger partial charge in [-0.05, 0) is 66.0 Å². The van der Waals surface area contributed by atoms with E-state index in [2.05, 4.69) is 10.3 Å². The van der Waals surface area contributed by atoms with Gasteiger partial charge in [-0.1, -0.05) is 49.7 Å². The minimum absolute atomic E-state index is 0.00329. The van der Waals surface area contributed by atoms with Gasteiger partial charge >= 0.3 is 12.1 Å². The summed E-state index contributed by atoms with van der Waals surface area (Å²) in [6.45, 7) is 3.72. The van der Waals surface area contributed by atoms with Crippen molar-refractivity contribution in [3.8, 4) is 11.1 Å². The molecular formula is C29H29F3N2O3. The number of hydrogen-bond donors (Lipinski definition) is 2. The van der Waals surface area contributed by atoms with Crippen LogP contribution in [0.2, 0.25) is 0 Å². The predicted octanol–water partition coefficient (Wildman–Crippen LogP) is 7.18. The monoisotopic (exact) mass is 510 g/mol. The van der Waals surface area contributed by atoms with Crippen LogP contribution in [-0.2, 0) is 15.8 Å². The highest BCUT2D eigenvalue weighted by Crippen LogP contribution is 2.41. The predicted molar refractivity (Wildman–Crippen MR) is 135 cm³/mol. The van der Waals surface area contributed by atoms with Crippen molar-refractivity contribution >= 4 is 17.6 Å². The van der Waals surface area contributed by atoms with Gasteiger partial charge in [0.1, 0.15) is 0 Å². The number of aliphatic carboxylic acids is 1. The summed E-state index contributed by atoms with van der Waals surface area (Å²) in [6.07, 6.45) is 0.603. The fourth-order valence-electron chi connectivity index (χ4n) is 4.95. The Morgan fingerprint density at radius 1 is 1.08 bits per heavy atom. The Hall–Kier alpha value is -3.68. The lowest BCUT2D eigenvalue weighted by Crippen LogP contribution is -2.31. The zero-order chi connectivity index (χ0) is 26.7. The van der Waals surface area contributed by atoms with E-state index in [1.807, 2.05) is 32.0 Å². The van der Waals surface area contributed by atoms with Crippen LogP contribution in [0.1, 0.15) is 66.7 Å². The first-order chi connectivity index (χ1) is 17.5. The summed E-state index contributed by atoms with van der Waals surface area (Å²) >= 11 is 0. The second-order valence-electron chi connectivity index (χ2n) is 9.76. The molecule has 0 radical (unpaired) electrons. The molecule has 0 spiro atoms. The summed E-state index contributed by atoms with van der Waals surface area (Å²) in [5, 5.41) is 12.2. The first-order valence-corrected chi connectivity index (χ1v) is 12.3. The van der Waals surface area contributed by atoms with Crippen LogP contribution in [0.3, 0.4) is 0 Å². The summed E-state index contributed by atoms with van der Waals surface area (Å²) in [4.78, 5) is 28.4. The van der Waals surface area contributed by atoms with Crippen LogP contribution < -0.4 is 5.32 Å². The number of pyridine rings is 1. The number of aromatic nitrogens is 1. The lowest BCUT2D eigenvalue weighted by atomic mass is 9.72. The summed E-state index contributed by atoms with van der Waals surface area (Å²) in [5.41, 5.74) is 3.30. The fourth-order valence-corrected chi connectivity index (χ4v) is 4.95. The third-order valence-electron chi connectivity index (χ3n) is 7.22. The normalized spacial score (nSPS) is 15.5. The molecule has 1 amide bonds. The van der Waals surface area contributed by atoms with Crippen LogP contribution in [0.5, 0.6) is 0 Å². The highest BCUT2D eigenvalue weighted by molar-refractivity contribution is 5.97. The maximum absolute atomic E-state index is 13.5. The molecule has 8 heteroatoms. The maximum Gasteiger partial charge on any atom is 0.417 e. The zero-order valence-electron chi connectivity index (χ0n) is 20.7. The largest absolute Gasteiger partial charge is 0.481 e. The standard InChI is InChI=1S/C29H29F3N2O3/c1-17(13-26(35)36)24-7-4-8-25(18(24)2)34-28(37)27(20-5-3-6-20)21-11-9-19(10-12-21)22-14-23(16-33-15-22)29(30,31)32/h4,7-12,14-17,20,27H,3,5-6,13H2,1-2H3,(H,34,37)(H,35,36)/t17-,27+/m0/s1. The molecule has 194 valence electrons. The van der Waals surface area contributed by atoms with Crippen LogP contribution >= 0.6 is 0 Å². The molecule has 4 rings (SSSR count). The quantitative estimate of drug-likeness (QED) is 0.337. The molecular weight excluding hydrogens is 481 g/mol. The Balaban J connectivity index is 1.57. The molecule has 2 N–H and O–H groups in total. The molecule has 0 unspecified atom stereocenters. The number of alkyl halides is 3. The number of benzene rings is 2. The van der Waals surface area contributed by atoms with Crippen LogP contribution in [0, 0.1) is 12.8 Å². The van der Waals surface area contributed by atoms with Gasteiger partial charge in [-0.15, -0.1) is 0 Å². The smallest absolute Gasteiger partial charge is 0.417 e. The summed E-state index contributed by atoms with van der Waals surface area (Å²) in [5.74, 6) is -1.45. The van der Waals surface area contributed by atoms with Gasteiger partial charge in [0.05, 0.1) is 17.9 Å². The number of rotatable bonds is 8. The van der Waals surface area contributed by atoms with Gasteiger partial charge in [-0.25, -0.2) is 0 Å². The molecule has 2 aromatic carbocycles. The van der Waals surface area contributed by atoms with Gasteiger partial charge in [0.25, 0.3) is 0 Å². The molecule has 0 bridgehead atoms. The van der Waals surface area contributed by atoms with E-state index in [0.29, 0.717) is 16.8 Å². The molecule has 1 aliphatic carbocycles. The van der Waals surface area contributed by atoms with Gasteiger partial charge in [-0.3, -0.25) is 14.6 Å². The van der Waals surface area contributed by atoms with Gasteiger partial charge < -0.3 is 10.4 Å². The number of carboxylic acid groups (broad SMARTS) is 1. The van der Waals surface area contributed by atoms with Crippen LogP contribution in [-0.4, -0.2) is 22.0 Å². The van der Waals surface area contributed by atoms with Crippen molar-refractivity contribution in [2.24, 2.45) is 5.92 Å². The molecule has 0 aliphatic heterocycles. The third-order valence-corrected chi connectivity index (χ3v) is 7.22. The first-order valence-electron chi connectivity index (χ1n) is 12.3. The minimum Gasteiger partial charge on any atom is -0.481 e. The van der Waals surface area contributed by atoms with E-state index in [1.54, 1.807) is 24.3 Å². The number of nitrogens with one attached hydrogen (secondary N) is 1. The number of hydrogen-bond acceptors (Lipinski definition) is 3. The van der Waals surface area contributed by atoms with Crippen LogP contribution in [0.25, 0.3) is 11.1 Å². The number of carbonyl (C=O) groups excluding carboxylic acids is 1. The van der Waals surface area contributed by atoms with Crippen molar-refractivity contribution in [3.05, 3.63) is 83.2 Å². The molecule has 1 fully saturated rings. The van der Waals surface area contributed by atoms with Crippen molar-refractivity contribution in [3.63, 3.8) is 0 Å². The summed E-state index contributed by atoms with van der Waals surface area (Å²) < 4.78 is 39.3. The summed E-state index contributed by atoms with van der Waals surface area (Å²) in [7, 11) is 0. The number of nitrogens with zero attached hydrogens (tertiary/aromatic N) is 1. The summed E-state index contributed by atoms with van der Waals surface area (Å²) in [6, 6.07) is 13.6. The maximum atomic E-state index is 13.5. The van der Waals surface area contributed by atoms with Crippen molar-refractivity contribution in [1.29, 1.82) is 0 Å². The molecule has 1 aromatic heterocycles. The Kier molecular flexibility index (Phi) is 7.66. The van der Waals surface area contributed by atoms with E-state index in [0.717, 1.165) is 48.2 Å². The molecule has 1 saturated carbocycles. The van der Waals surface area contributed by atoms with E-state index in [-0.39, 0.29) is 24.2 Å². The lowest BCUT2D eigenvalue weighted by molar-refractivity contribution is -0.138. The molecule has 5 nitrogen and oxygen atoms in total. The Morgan fingerprint density at radius 2 is 1.78 bits per heavy atom. The number of carbonyl (C=O) groups is 2. The second-order valence-corrected chi connectivity index (χ2v) is 9.76. The van der Waals surface area contributed by atoms with Gasteiger partial charge in [0, 0.05) is 23.6 Å². The Bertz CT molecular complexity index is 1280. The fraction of sp³-hybridized carbons (Fsp3) is 0.345. The van der Waals surface area contributed by atoms with E-state index in [1.165, 1.54) is 6.20 Å². The third kappa shape index (κ3) is 6.01. The molecule has 2 atom stereocenters. The molecule has 37 heavy (non-hydrogen) atoms. The molecule has 3 aromatic rings. The van der Waals surface area contributed by atoms with Gasteiger partial charge in [0.2, 0.25) is 5.91 Å². The second kappa shape index (κ2) is 10.7. The van der Waals surface area contributed by atoms with Crippen molar-refractivity contribution in [1.82, 2.24) is 4.98 Å². The molecule has 1 aliphatic rings.